The molecule has 0 aromatic carbocycles. The van der Waals surface area contributed by atoms with Crippen LogP contribution in [0.3, 0.4) is 0 Å². The molecule has 0 radical (unpaired) electrons. The maximum atomic E-state index is 5.62. The van der Waals surface area contributed by atoms with E-state index < -0.39 is 0 Å². The third-order valence-electron chi connectivity index (χ3n) is 2.09. The second-order valence-electron chi connectivity index (χ2n) is 3.17. The Morgan fingerprint density at radius 3 is 2.73 bits per heavy atom. The molecule has 2 rings (SSSR count). The largest absolute Gasteiger partial charge is 0.368 e. The van der Waals surface area contributed by atoms with Crippen molar-refractivity contribution in [2.75, 3.05) is 5.73 Å². The number of pyridine rings is 1. The van der Waals surface area contributed by atoms with Crippen LogP contribution < -0.4 is 5.73 Å². The highest BCUT2D eigenvalue weighted by atomic mass is 15.0. The van der Waals surface area contributed by atoms with E-state index in [-0.39, 0.29) is 0 Å². The molecule has 0 amide bonds. The van der Waals surface area contributed by atoms with Gasteiger partial charge in [-0.25, -0.2) is 9.97 Å². The molecule has 2 heterocycles. The first kappa shape index (κ1) is 9.58. The summed E-state index contributed by atoms with van der Waals surface area (Å²) in [6.45, 7) is 2.03. The molecule has 4 heteroatoms. The van der Waals surface area contributed by atoms with Crippen LogP contribution in [0, 0.1) is 0 Å². The Kier molecular flexibility index (Phi) is 2.58. The molecule has 0 fully saturated rings. The first-order chi connectivity index (χ1) is 7.29. The first-order valence-corrected chi connectivity index (χ1v) is 4.84. The highest BCUT2D eigenvalue weighted by Crippen LogP contribution is 2.15. The fourth-order valence-corrected chi connectivity index (χ4v) is 1.34. The lowest BCUT2D eigenvalue weighted by Gasteiger charge is -2.03. The van der Waals surface area contributed by atoms with E-state index in [1.807, 2.05) is 31.2 Å². The van der Waals surface area contributed by atoms with Gasteiger partial charge in [0.15, 0.2) is 0 Å². The van der Waals surface area contributed by atoms with Gasteiger partial charge in [0, 0.05) is 11.9 Å². The molecule has 2 aromatic rings. The van der Waals surface area contributed by atoms with E-state index in [4.69, 9.17) is 5.73 Å². The average molecular weight is 200 g/mol. The maximum absolute atomic E-state index is 5.62. The Labute approximate surface area is 88.2 Å². The van der Waals surface area contributed by atoms with E-state index in [1.165, 1.54) is 0 Å². The predicted molar refractivity (Wildman–Crippen MR) is 59.1 cm³/mol. The lowest BCUT2D eigenvalue weighted by Crippen LogP contribution is -2.00. The summed E-state index contributed by atoms with van der Waals surface area (Å²) in [6.07, 6.45) is 2.58. The molecule has 0 atom stereocenters. The van der Waals surface area contributed by atoms with Crippen LogP contribution >= 0.6 is 0 Å². The summed E-state index contributed by atoms with van der Waals surface area (Å²) >= 11 is 0. The highest BCUT2D eigenvalue weighted by Gasteiger charge is 2.03. The second kappa shape index (κ2) is 4.04. The van der Waals surface area contributed by atoms with E-state index in [2.05, 4.69) is 15.0 Å². The van der Waals surface area contributed by atoms with Crippen LogP contribution in [0.5, 0.6) is 0 Å². The van der Waals surface area contributed by atoms with E-state index >= 15 is 0 Å². The predicted octanol–water partition coefficient (Wildman–Crippen LogP) is 1.68. The van der Waals surface area contributed by atoms with Crippen LogP contribution in [-0.4, -0.2) is 15.0 Å². The molecule has 0 aliphatic carbocycles. The van der Waals surface area contributed by atoms with Crippen molar-refractivity contribution in [3.63, 3.8) is 0 Å². The normalized spacial score (nSPS) is 10.2. The zero-order valence-electron chi connectivity index (χ0n) is 8.51. The Morgan fingerprint density at radius 2 is 2.07 bits per heavy atom. The number of hydrogen-bond acceptors (Lipinski definition) is 4. The third kappa shape index (κ3) is 2.10. The molecule has 0 spiro atoms. The summed E-state index contributed by atoms with van der Waals surface area (Å²) < 4.78 is 0. The van der Waals surface area contributed by atoms with Crippen LogP contribution in [0.25, 0.3) is 11.4 Å². The van der Waals surface area contributed by atoms with Gasteiger partial charge >= 0.3 is 0 Å². The van der Waals surface area contributed by atoms with Crippen LogP contribution in [0.1, 0.15) is 12.6 Å². The summed E-state index contributed by atoms with van der Waals surface area (Å²) in [7, 11) is 0. The molecule has 0 aliphatic heterocycles. The SMILES string of the molecule is CCc1cc(-c2ccccn2)nc(N)n1. The summed E-state index contributed by atoms with van der Waals surface area (Å²) in [5.74, 6) is 0.301. The number of nitrogens with zero attached hydrogens (tertiary/aromatic N) is 3. The Bertz CT molecular complexity index is 453. The zero-order chi connectivity index (χ0) is 10.7. The lowest BCUT2D eigenvalue weighted by molar-refractivity contribution is 1.01. The van der Waals surface area contributed by atoms with E-state index in [9.17, 15) is 0 Å². The molecule has 15 heavy (non-hydrogen) atoms. The van der Waals surface area contributed by atoms with Gasteiger partial charge in [-0.05, 0) is 24.6 Å². The van der Waals surface area contributed by atoms with E-state index in [0.29, 0.717) is 5.95 Å². The van der Waals surface area contributed by atoms with E-state index in [0.717, 1.165) is 23.5 Å². The first-order valence-electron chi connectivity index (χ1n) is 4.84. The number of anilines is 1. The van der Waals surface area contributed by atoms with Gasteiger partial charge in [0.05, 0.1) is 11.4 Å². The van der Waals surface area contributed by atoms with Crippen molar-refractivity contribution in [3.05, 3.63) is 36.2 Å². The fourth-order valence-electron chi connectivity index (χ4n) is 1.34. The van der Waals surface area contributed by atoms with Gasteiger partial charge in [-0.3, -0.25) is 4.98 Å². The number of aromatic nitrogens is 3. The highest BCUT2D eigenvalue weighted by molar-refractivity contribution is 5.55. The Hall–Kier alpha value is -1.97. The summed E-state index contributed by atoms with van der Waals surface area (Å²) in [5, 5.41) is 0. The third-order valence-corrected chi connectivity index (χ3v) is 2.09. The number of nitrogens with two attached hydrogens (primary N) is 1. The van der Waals surface area contributed by atoms with Crippen molar-refractivity contribution in [1.82, 2.24) is 15.0 Å². The van der Waals surface area contributed by atoms with Crippen LogP contribution in [0.15, 0.2) is 30.5 Å². The lowest BCUT2D eigenvalue weighted by atomic mass is 10.2. The molecular weight excluding hydrogens is 188 g/mol. The summed E-state index contributed by atoms with van der Waals surface area (Å²) in [4.78, 5) is 12.5. The summed E-state index contributed by atoms with van der Waals surface area (Å²) in [5.41, 5.74) is 8.15. The molecule has 0 saturated heterocycles. The molecule has 0 aliphatic rings. The molecular formula is C11H12N4. The Balaban J connectivity index is 2.49. The van der Waals surface area contributed by atoms with Gasteiger partial charge in [-0.1, -0.05) is 13.0 Å². The minimum absolute atomic E-state index is 0.301. The van der Waals surface area contributed by atoms with Gasteiger partial charge in [-0.15, -0.1) is 0 Å². The molecule has 4 nitrogen and oxygen atoms in total. The van der Waals surface area contributed by atoms with Crippen molar-refractivity contribution < 1.29 is 0 Å². The monoisotopic (exact) mass is 200 g/mol. The van der Waals surface area contributed by atoms with Gasteiger partial charge in [0.2, 0.25) is 5.95 Å². The quantitative estimate of drug-likeness (QED) is 0.801. The second-order valence-corrected chi connectivity index (χ2v) is 3.17. The van der Waals surface area contributed by atoms with Gasteiger partial charge in [0.1, 0.15) is 0 Å². The maximum Gasteiger partial charge on any atom is 0.220 e. The number of rotatable bonds is 2. The van der Waals surface area contributed by atoms with Crippen LogP contribution in [0.2, 0.25) is 0 Å². The molecule has 76 valence electrons. The minimum Gasteiger partial charge on any atom is -0.368 e. The minimum atomic E-state index is 0.301. The van der Waals surface area contributed by atoms with Crippen molar-refractivity contribution in [2.45, 2.75) is 13.3 Å². The number of nitrogen functional groups attached to an aromatic ring is 1. The number of hydrogen-bond donors (Lipinski definition) is 1. The van der Waals surface area contributed by atoms with Crippen molar-refractivity contribution >= 4 is 5.95 Å². The summed E-state index contributed by atoms with van der Waals surface area (Å²) in [6, 6.07) is 7.61. The van der Waals surface area contributed by atoms with Crippen LogP contribution in [-0.2, 0) is 6.42 Å². The van der Waals surface area contributed by atoms with Crippen molar-refractivity contribution in [1.29, 1.82) is 0 Å². The van der Waals surface area contributed by atoms with Crippen LogP contribution in [0.4, 0.5) is 5.95 Å². The Morgan fingerprint density at radius 1 is 1.20 bits per heavy atom. The molecule has 0 unspecified atom stereocenters. The van der Waals surface area contributed by atoms with E-state index in [1.54, 1.807) is 6.20 Å². The van der Waals surface area contributed by atoms with Gasteiger partial charge in [-0.2, -0.15) is 0 Å². The molecule has 2 N–H and O–H groups in total. The molecule has 2 aromatic heterocycles. The van der Waals surface area contributed by atoms with Gasteiger partial charge in [0.25, 0.3) is 0 Å². The molecule has 0 bridgehead atoms. The van der Waals surface area contributed by atoms with Crippen molar-refractivity contribution in [3.8, 4) is 11.4 Å². The molecule has 0 saturated carbocycles. The average Bonchev–Trinajstić information content (AvgIpc) is 2.29. The fraction of sp³-hybridized carbons (Fsp3) is 0.182. The van der Waals surface area contributed by atoms with Crippen molar-refractivity contribution in [2.24, 2.45) is 0 Å². The topological polar surface area (TPSA) is 64.7 Å². The zero-order valence-corrected chi connectivity index (χ0v) is 8.51. The van der Waals surface area contributed by atoms with Gasteiger partial charge < -0.3 is 5.73 Å². The standard InChI is InChI=1S/C11H12N4/c1-2-8-7-10(15-11(12)14-8)9-5-3-4-6-13-9/h3-7H,2H2,1H3,(H2,12,14,15). The smallest absolute Gasteiger partial charge is 0.220 e. The number of aryl methyl sites for hydroxylation is 1.